The Morgan fingerprint density at radius 3 is 2.45 bits per heavy atom. The van der Waals surface area contributed by atoms with Gasteiger partial charge in [0.25, 0.3) is 5.56 Å². The molecular weight excluding hydrogens is 623 g/mol. The van der Waals surface area contributed by atoms with Crippen molar-refractivity contribution in [3.8, 4) is 23.0 Å². The Balaban J connectivity index is 1.90. The summed E-state index contributed by atoms with van der Waals surface area (Å²) in [6, 6.07) is 7.99. The third kappa shape index (κ3) is 5.44. The molecule has 0 fully saturated rings. The third-order valence-corrected chi connectivity index (χ3v) is 7.48. The molecule has 11 heteroatoms. The molecule has 38 heavy (non-hydrogen) atoms. The number of hydrogen-bond acceptors (Lipinski definition) is 9. The van der Waals surface area contributed by atoms with Gasteiger partial charge in [0.05, 0.1) is 46.6 Å². The van der Waals surface area contributed by atoms with Crippen molar-refractivity contribution in [2.24, 2.45) is 4.99 Å². The summed E-state index contributed by atoms with van der Waals surface area (Å²) in [6.45, 7) is 6.84. The van der Waals surface area contributed by atoms with E-state index in [2.05, 4.69) is 4.99 Å². The lowest BCUT2D eigenvalue weighted by Crippen LogP contribution is -2.39. The van der Waals surface area contributed by atoms with Crippen LogP contribution in [0.5, 0.6) is 23.0 Å². The molecule has 1 N–H and O–H groups in total. The Kier molecular flexibility index (Phi) is 8.77. The van der Waals surface area contributed by atoms with Crippen LogP contribution < -0.4 is 29.1 Å². The van der Waals surface area contributed by atoms with Crippen LogP contribution in [0.2, 0.25) is 0 Å². The minimum absolute atomic E-state index is 0.0504. The van der Waals surface area contributed by atoms with Gasteiger partial charge in [-0.1, -0.05) is 17.4 Å². The van der Waals surface area contributed by atoms with E-state index in [4.69, 9.17) is 18.9 Å². The summed E-state index contributed by atoms with van der Waals surface area (Å²) in [6.07, 6.45) is 3.16. The first-order chi connectivity index (χ1) is 18.3. The number of esters is 1. The van der Waals surface area contributed by atoms with E-state index in [1.54, 1.807) is 36.4 Å². The van der Waals surface area contributed by atoms with Crippen LogP contribution in [0.4, 0.5) is 0 Å². The highest BCUT2D eigenvalue weighted by molar-refractivity contribution is 14.1. The number of carbonyl (C=O) groups excluding carboxylic acids is 1. The van der Waals surface area contributed by atoms with E-state index < -0.39 is 12.0 Å². The average molecular weight is 650 g/mol. The van der Waals surface area contributed by atoms with Gasteiger partial charge in [-0.05, 0) is 84.8 Å². The zero-order valence-corrected chi connectivity index (χ0v) is 24.3. The molecule has 0 bridgehead atoms. The fourth-order valence-electron chi connectivity index (χ4n) is 4.08. The number of phenols is 1. The third-order valence-electron chi connectivity index (χ3n) is 5.66. The molecule has 1 aliphatic rings. The van der Waals surface area contributed by atoms with E-state index >= 15 is 0 Å². The standard InChI is InChI=1S/C27H27IN2O7S/c1-5-35-19-9-8-16(13-20(19)36-6-2)23-17(26(33)34-4)14-29-27-30(23)25(32)22(38-27)12-15-10-18(28)24(31)21(11-15)37-7-3/h8-14,23,31H,5-7H2,1-4H3/b22-12+/t23-/m1/s1. The summed E-state index contributed by atoms with van der Waals surface area (Å²) in [5.41, 5.74) is 1.23. The fourth-order valence-corrected chi connectivity index (χ4v) is 5.68. The second-order valence-corrected chi connectivity index (χ2v) is 10.2. The lowest BCUT2D eigenvalue weighted by molar-refractivity contribution is -0.136. The van der Waals surface area contributed by atoms with Gasteiger partial charge in [0.2, 0.25) is 0 Å². The number of carbonyl (C=O) groups is 1. The topological polar surface area (TPSA) is 109 Å². The maximum Gasteiger partial charge on any atom is 0.337 e. The van der Waals surface area contributed by atoms with Crippen molar-refractivity contribution < 1.29 is 28.8 Å². The van der Waals surface area contributed by atoms with Crippen LogP contribution in [0.3, 0.4) is 0 Å². The second-order valence-electron chi connectivity index (χ2n) is 8.03. The van der Waals surface area contributed by atoms with Crippen LogP contribution in [-0.4, -0.2) is 42.6 Å². The monoisotopic (exact) mass is 650 g/mol. The van der Waals surface area contributed by atoms with Gasteiger partial charge in [-0.15, -0.1) is 0 Å². The summed E-state index contributed by atoms with van der Waals surface area (Å²) < 4.78 is 24.5. The summed E-state index contributed by atoms with van der Waals surface area (Å²) in [4.78, 5) is 31.4. The van der Waals surface area contributed by atoms with Gasteiger partial charge >= 0.3 is 5.97 Å². The number of aromatic nitrogens is 1. The summed E-state index contributed by atoms with van der Waals surface area (Å²) in [5.74, 6) is 0.879. The minimum atomic E-state index is -0.783. The smallest absolute Gasteiger partial charge is 0.337 e. The molecule has 0 spiro atoms. The Labute approximate surface area is 236 Å². The summed E-state index contributed by atoms with van der Waals surface area (Å²) >= 11 is 3.22. The number of halogens is 1. The van der Waals surface area contributed by atoms with E-state index in [0.29, 0.717) is 61.1 Å². The largest absolute Gasteiger partial charge is 0.504 e. The number of phenolic OH excluding ortho intramolecular Hbond substituents is 1. The Bertz CT molecular complexity index is 1580. The molecule has 0 aliphatic carbocycles. The Morgan fingerprint density at radius 1 is 1.08 bits per heavy atom. The second kappa shape index (κ2) is 12.0. The first kappa shape index (κ1) is 27.7. The number of rotatable bonds is 9. The average Bonchev–Trinajstić information content (AvgIpc) is 3.22. The maximum atomic E-state index is 13.8. The number of nitrogens with zero attached hydrogens (tertiary/aromatic N) is 2. The number of thiazole rings is 1. The molecule has 3 aromatic rings. The molecule has 0 unspecified atom stereocenters. The van der Waals surface area contributed by atoms with E-state index in [-0.39, 0.29) is 16.9 Å². The van der Waals surface area contributed by atoms with Gasteiger partial charge in [0.1, 0.15) is 0 Å². The van der Waals surface area contributed by atoms with Crippen molar-refractivity contribution in [1.82, 2.24) is 4.57 Å². The van der Waals surface area contributed by atoms with Crippen LogP contribution in [-0.2, 0) is 9.53 Å². The number of benzene rings is 2. The number of hydrogen-bond donors (Lipinski definition) is 1. The zero-order valence-electron chi connectivity index (χ0n) is 21.3. The first-order valence-corrected chi connectivity index (χ1v) is 13.9. The first-order valence-electron chi connectivity index (χ1n) is 12.0. The molecule has 1 atom stereocenters. The van der Waals surface area contributed by atoms with E-state index in [9.17, 15) is 14.7 Å². The van der Waals surface area contributed by atoms with Crippen molar-refractivity contribution in [3.63, 3.8) is 0 Å². The molecule has 0 saturated heterocycles. The van der Waals surface area contributed by atoms with Crippen LogP contribution in [0.15, 0.2) is 51.9 Å². The maximum absolute atomic E-state index is 13.8. The molecule has 0 amide bonds. The van der Waals surface area contributed by atoms with Gasteiger partial charge < -0.3 is 24.1 Å². The van der Waals surface area contributed by atoms with Gasteiger partial charge in [-0.2, -0.15) is 0 Å². The molecule has 200 valence electrons. The van der Waals surface area contributed by atoms with Gasteiger partial charge in [0.15, 0.2) is 27.8 Å². The zero-order chi connectivity index (χ0) is 27.4. The normalized spacial score (nSPS) is 14.8. The van der Waals surface area contributed by atoms with Crippen molar-refractivity contribution >= 4 is 46.0 Å². The van der Waals surface area contributed by atoms with Crippen molar-refractivity contribution in [3.05, 3.63) is 76.5 Å². The van der Waals surface area contributed by atoms with Crippen LogP contribution >= 0.6 is 33.9 Å². The van der Waals surface area contributed by atoms with Gasteiger partial charge in [0, 0.05) is 6.20 Å². The quantitative estimate of drug-likeness (QED) is 0.279. The predicted octanol–water partition coefficient (Wildman–Crippen LogP) is 3.52. The number of methoxy groups -OCH3 is 1. The highest BCUT2D eigenvalue weighted by Crippen LogP contribution is 2.35. The lowest BCUT2D eigenvalue weighted by atomic mass is 9.97. The van der Waals surface area contributed by atoms with Crippen LogP contribution in [0.1, 0.15) is 37.9 Å². The molecule has 4 rings (SSSR count). The number of aromatic hydroxyl groups is 1. The molecule has 1 aliphatic heterocycles. The summed E-state index contributed by atoms with van der Waals surface area (Å²) in [5, 5.41) is 10.3. The fraction of sp³-hybridized carbons (Fsp3) is 0.296. The SMILES string of the molecule is CCOc1ccc([C@@H]2C(C(=O)OC)=CN=c3s/c(=C/c4cc(I)c(O)c(OCC)c4)c(=O)n32)cc1OCC. The minimum Gasteiger partial charge on any atom is -0.504 e. The Morgan fingerprint density at radius 2 is 1.76 bits per heavy atom. The summed E-state index contributed by atoms with van der Waals surface area (Å²) in [7, 11) is 1.29. The number of fused-ring (bicyclic) bond motifs is 1. The molecule has 1 aromatic heterocycles. The molecule has 2 heterocycles. The van der Waals surface area contributed by atoms with Crippen molar-refractivity contribution in [2.75, 3.05) is 26.9 Å². The molecule has 0 radical (unpaired) electrons. The highest BCUT2D eigenvalue weighted by Gasteiger charge is 2.31. The van der Waals surface area contributed by atoms with Crippen molar-refractivity contribution in [2.45, 2.75) is 26.8 Å². The molecule has 9 nitrogen and oxygen atoms in total. The molecule has 2 aromatic carbocycles. The van der Waals surface area contributed by atoms with Gasteiger partial charge in [-0.3, -0.25) is 9.36 Å². The van der Waals surface area contributed by atoms with Crippen LogP contribution in [0.25, 0.3) is 6.08 Å². The van der Waals surface area contributed by atoms with Crippen LogP contribution in [0, 0.1) is 3.57 Å². The van der Waals surface area contributed by atoms with E-state index in [1.807, 2.05) is 43.4 Å². The van der Waals surface area contributed by atoms with Crippen molar-refractivity contribution in [1.29, 1.82) is 0 Å². The molecular formula is C27H27IN2O7S. The predicted molar refractivity (Wildman–Crippen MR) is 152 cm³/mol. The lowest BCUT2D eigenvalue weighted by Gasteiger charge is -2.23. The van der Waals surface area contributed by atoms with Gasteiger partial charge in [-0.25, -0.2) is 9.79 Å². The highest BCUT2D eigenvalue weighted by atomic mass is 127. The Hall–Kier alpha value is -3.32. The van der Waals surface area contributed by atoms with E-state index in [1.165, 1.54) is 29.2 Å². The van der Waals surface area contributed by atoms with E-state index in [0.717, 1.165) is 0 Å². The molecule has 0 saturated carbocycles. The number of ether oxygens (including phenoxy) is 4.